The van der Waals surface area contributed by atoms with E-state index in [1.807, 2.05) is 34.6 Å². The van der Waals surface area contributed by atoms with Crippen LogP contribution in [0.25, 0.3) is 0 Å². The largest absolute Gasteiger partial charge is 0.444 e. The predicted molar refractivity (Wildman–Crippen MR) is 105 cm³/mol. The summed E-state index contributed by atoms with van der Waals surface area (Å²) in [5.41, 5.74) is -1.10. The molecule has 0 aromatic heterocycles. The number of nitrogens with one attached hydrogen (secondary N) is 1. The molecule has 6 nitrogen and oxygen atoms in total. The van der Waals surface area contributed by atoms with Crippen molar-refractivity contribution in [1.82, 2.24) is 10.2 Å². The number of carbonyl (C=O) groups excluding carboxylic acids is 1. The van der Waals surface area contributed by atoms with Gasteiger partial charge in [0, 0.05) is 13.1 Å². The van der Waals surface area contributed by atoms with Gasteiger partial charge in [-0.3, -0.25) is 0 Å². The Bertz CT molecular complexity index is 519. The second-order valence-electron chi connectivity index (χ2n) is 10.2. The molecule has 1 aliphatic carbocycles. The number of ether oxygens (including phenoxy) is 3. The van der Waals surface area contributed by atoms with Gasteiger partial charge in [0.25, 0.3) is 0 Å². The molecule has 0 spiro atoms. The van der Waals surface area contributed by atoms with Gasteiger partial charge in [0.2, 0.25) is 0 Å². The molecule has 27 heavy (non-hydrogen) atoms. The lowest BCUT2D eigenvalue weighted by Crippen LogP contribution is -2.66. The van der Waals surface area contributed by atoms with Crippen LogP contribution in [0.4, 0.5) is 4.79 Å². The van der Waals surface area contributed by atoms with E-state index < -0.39 is 23.0 Å². The molecule has 0 bridgehead atoms. The minimum absolute atomic E-state index is 0.401. The molecule has 0 radical (unpaired) electrons. The minimum atomic E-state index is -0.616. The molecule has 156 valence electrons. The molecule has 3 aliphatic rings. The van der Waals surface area contributed by atoms with E-state index in [0.717, 1.165) is 31.5 Å². The summed E-state index contributed by atoms with van der Waals surface area (Å²) in [6, 6.07) is 0. The van der Waals surface area contributed by atoms with Crippen molar-refractivity contribution in [2.75, 3.05) is 32.8 Å². The SMILES string of the molecule is CC(C)(C)OC(=O)NC1(CN2CCC3CCCCC3C2)COC(C)(C)OC1. The van der Waals surface area contributed by atoms with Crippen LogP contribution in [-0.2, 0) is 14.2 Å². The van der Waals surface area contributed by atoms with Gasteiger partial charge in [0.1, 0.15) is 11.1 Å². The summed E-state index contributed by atoms with van der Waals surface area (Å²) in [6.45, 7) is 13.3. The molecule has 2 heterocycles. The molecule has 2 aliphatic heterocycles. The number of hydrogen-bond donors (Lipinski definition) is 1. The maximum Gasteiger partial charge on any atom is 0.408 e. The quantitative estimate of drug-likeness (QED) is 0.809. The zero-order valence-corrected chi connectivity index (χ0v) is 17.8. The van der Waals surface area contributed by atoms with Gasteiger partial charge in [0.05, 0.1) is 13.2 Å². The van der Waals surface area contributed by atoms with Gasteiger partial charge in [-0.2, -0.15) is 0 Å². The Labute approximate surface area is 164 Å². The van der Waals surface area contributed by atoms with Gasteiger partial charge >= 0.3 is 6.09 Å². The molecule has 6 heteroatoms. The fraction of sp³-hybridized carbons (Fsp3) is 0.952. The minimum Gasteiger partial charge on any atom is -0.444 e. The number of nitrogens with zero attached hydrogens (tertiary/aromatic N) is 1. The Hall–Kier alpha value is -0.850. The van der Waals surface area contributed by atoms with Crippen molar-refractivity contribution < 1.29 is 19.0 Å². The molecule has 3 rings (SSSR count). The molecule has 2 unspecified atom stereocenters. The van der Waals surface area contributed by atoms with Crippen molar-refractivity contribution >= 4 is 6.09 Å². The molecule has 2 atom stereocenters. The molecule has 1 N–H and O–H groups in total. The summed E-state index contributed by atoms with van der Waals surface area (Å²) in [5, 5.41) is 3.09. The van der Waals surface area contributed by atoms with E-state index in [2.05, 4.69) is 10.2 Å². The predicted octanol–water partition coefficient (Wildman–Crippen LogP) is 3.54. The Morgan fingerprint density at radius 2 is 1.74 bits per heavy atom. The van der Waals surface area contributed by atoms with Crippen molar-refractivity contribution in [2.45, 2.75) is 83.6 Å². The third kappa shape index (κ3) is 5.81. The smallest absolute Gasteiger partial charge is 0.408 e. The highest BCUT2D eigenvalue weighted by Gasteiger charge is 2.44. The van der Waals surface area contributed by atoms with Gasteiger partial charge in [-0.25, -0.2) is 4.79 Å². The average molecular weight is 383 g/mol. The highest BCUT2D eigenvalue weighted by atomic mass is 16.7. The summed E-state index contributed by atoms with van der Waals surface area (Å²) in [5.74, 6) is 1.07. The Kier molecular flexibility index (Phi) is 6.09. The van der Waals surface area contributed by atoms with E-state index in [4.69, 9.17) is 14.2 Å². The zero-order valence-electron chi connectivity index (χ0n) is 17.8. The summed E-state index contributed by atoms with van der Waals surface area (Å²) in [7, 11) is 0. The lowest BCUT2D eigenvalue weighted by Gasteiger charge is -2.48. The number of piperidine rings is 1. The van der Waals surface area contributed by atoms with Crippen LogP contribution < -0.4 is 5.32 Å². The standard InChI is InChI=1S/C21H38N2O4/c1-19(2,3)27-18(24)22-21(14-25-20(4,5)26-15-21)13-23-11-10-16-8-6-7-9-17(16)12-23/h16-17H,6-15H2,1-5H3,(H,22,24). The van der Waals surface area contributed by atoms with E-state index in [0.29, 0.717) is 13.2 Å². The van der Waals surface area contributed by atoms with Crippen molar-refractivity contribution in [3.05, 3.63) is 0 Å². The normalized spacial score (nSPS) is 31.0. The number of fused-ring (bicyclic) bond motifs is 1. The van der Waals surface area contributed by atoms with Crippen LogP contribution in [0.3, 0.4) is 0 Å². The first-order valence-electron chi connectivity index (χ1n) is 10.6. The van der Waals surface area contributed by atoms with E-state index in [-0.39, 0.29) is 0 Å². The average Bonchev–Trinajstić information content (AvgIpc) is 2.56. The summed E-state index contributed by atoms with van der Waals surface area (Å²) in [6.07, 6.45) is 6.34. The third-order valence-electron chi connectivity index (χ3n) is 6.06. The lowest BCUT2D eigenvalue weighted by molar-refractivity contribution is -0.272. The van der Waals surface area contributed by atoms with Gasteiger partial charge in [-0.05, 0) is 65.8 Å². The fourth-order valence-corrected chi connectivity index (χ4v) is 4.68. The number of carbonyl (C=O) groups is 1. The first kappa shape index (κ1) is 20.9. The van der Waals surface area contributed by atoms with Gasteiger partial charge < -0.3 is 24.4 Å². The Morgan fingerprint density at radius 3 is 2.37 bits per heavy atom. The maximum atomic E-state index is 12.5. The molecule has 0 aromatic carbocycles. The Morgan fingerprint density at radius 1 is 1.11 bits per heavy atom. The van der Waals surface area contributed by atoms with Crippen LogP contribution in [0.15, 0.2) is 0 Å². The molecule has 1 saturated carbocycles. The van der Waals surface area contributed by atoms with Gasteiger partial charge in [-0.15, -0.1) is 0 Å². The van der Waals surface area contributed by atoms with Crippen molar-refractivity contribution in [3.8, 4) is 0 Å². The number of alkyl carbamates (subject to hydrolysis) is 1. The molecule has 0 aromatic rings. The molecule has 3 fully saturated rings. The van der Waals surface area contributed by atoms with Crippen LogP contribution in [0.2, 0.25) is 0 Å². The highest BCUT2D eigenvalue weighted by molar-refractivity contribution is 5.69. The molecular weight excluding hydrogens is 344 g/mol. The third-order valence-corrected chi connectivity index (χ3v) is 6.06. The van der Waals surface area contributed by atoms with E-state index >= 15 is 0 Å². The van der Waals surface area contributed by atoms with E-state index in [1.54, 1.807) is 0 Å². The van der Waals surface area contributed by atoms with Crippen LogP contribution in [0.5, 0.6) is 0 Å². The topological polar surface area (TPSA) is 60.0 Å². The zero-order chi connectivity index (χ0) is 19.7. The summed E-state index contributed by atoms with van der Waals surface area (Å²) >= 11 is 0. The van der Waals surface area contributed by atoms with Crippen LogP contribution in [0, 0.1) is 11.8 Å². The number of rotatable bonds is 3. The monoisotopic (exact) mass is 382 g/mol. The number of likely N-dealkylation sites (tertiary alicyclic amines) is 1. The van der Waals surface area contributed by atoms with Gasteiger partial charge in [0.15, 0.2) is 5.79 Å². The van der Waals surface area contributed by atoms with Gasteiger partial charge in [-0.1, -0.05) is 19.3 Å². The lowest BCUT2D eigenvalue weighted by atomic mass is 9.75. The fourth-order valence-electron chi connectivity index (χ4n) is 4.68. The highest BCUT2D eigenvalue weighted by Crippen LogP contribution is 2.37. The second kappa shape index (κ2) is 7.88. The first-order valence-corrected chi connectivity index (χ1v) is 10.6. The van der Waals surface area contributed by atoms with E-state index in [9.17, 15) is 4.79 Å². The number of amides is 1. The van der Waals surface area contributed by atoms with E-state index in [1.165, 1.54) is 32.1 Å². The summed E-state index contributed by atoms with van der Waals surface area (Å²) < 4.78 is 17.4. The maximum absolute atomic E-state index is 12.5. The molecule has 1 amide bonds. The number of hydrogen-bond acceptors (Lipinski definition) is 5. The van der Waals surface area contributed by atoms with Crippen molar-refractivity contribution in [2.24, 2.45) is 11.8 Å². The second-order valence-corrected chi connectivity index (χ2v) is 10.2. The van der Waals surface area contributed by atoms with Crippen LogP contribution in [-0.4, -0.2) is 60.8 Å². The van der Waals surface area contributed by atoms with Crippen LogP contribution in [0.1, 0.15) is 66.7 Å². The van der Waals surface area contributed by atoms with Crippen molar-refractivity contribution in [3.63, 3.8) is 0 Å². The Balaban J connectivity index is 1.66. The molecular formula is C21H38N2O4. The van der Waals surface area contributed by atoms with Crippen LogP contribution >= 0.6 is 0 Å². The molecule has 2 saturated heterocycles. The van der Waals surface area contributed by atoms with Crippen molar-refractivity contribution in [1.29, 1.82) is 0 Å². The first-order chi connectivity index (χ1) is 12.6. The summed E-state index contributed by atoms with van der Waals surface area (Å²) in [4.78, 5) is 15.0.